The number of ether oxygens (including phenoxy) is 1. The van der Waals surface area contributed by atoms with E-state index in [0.29, 0.717) is 5.02 Å². The number of hydrogen-bond donors (Lipinski definition) is 0. The van der Waals surface area contributed by atoms with Gasteiger partial charge in [-0.15, -0.1) is 11.3 Å². The van der Waals surface area contributed by atoms with Gasteiger partial charge < -0.3 is 9.64 Å². The first kappa shape index (κ1) is 27.2. The predicted molar refractivity (Wildman–Crippen MR) is 153 cm³/mol. The van der Waals surface area contributed by atoms with Gasteiger partial charge in [0.2, 0.25) is 5.91 Å². The molecule has 0 spiro atoms. The van der Waals surface area contributed by atoms with Crippen molar-refractivity contribution in [3.05, 3.63) is 64.7 Å². The molecule has 3 fully saturated rings. The third-order valence-electron chi connectivity index (χ3n) is 7.79. The molecule has 9 nitrogen and oxygen atoms in total. The lowest BCUT2D eigenvalue weighted by molar-refractivity contribution is -0.587. The molecular weight excluding hydrogens is 572 g/mol. The zero-order valence-corrected chi connectivity index (χ0v) is 24.5. The normalized spacial score (nSPS) is 19.9. The van der Waals surface area contributed by atoms with Crippen LogP contribution < -0.4 is 0 Å². The van der Waals surface area contributed by atoms with Crippen LogP contribution in [-0.4, -0.2) is 97.2 Å². The van der Waals surface area contributed by atoms with Gasteiger partial charge in [-0.25, -0.2) is 13.2 Å². The molecule has 0 saturated carbocycles. The molecule has 0 radical (unpaired) electrons. The van der Waals surface area contributed by atoms with Gasteiger partial charge in [-0.05, 0) is 41.3 Å². The Bertz CT molecular complexity index is 1610. The highest BCUT2D eigenvalue weighted by molar-refractivity contribution is 7.91. The second kappa shape index (κ2) is 10.8. The molecule has 0 aliphatic carbocycles. The third kappa shape index (κ3) is 5.00. The van der Waals surface area contributed by atoms with E-state index in [9.17, 15) is 18.0 Å². The zero-order chi connectivity index (χ0) is 28.0. The highest BCUT2D eigenvalue weighted by Gasteiger charge is 2.43. The van der Waals surface area contributed by atoms with E-state index in [1.807, 2.05) is 12.1 Å². The number of piperazine rings is 1. The highest BCUT2D eigenvalue weighted by Crippen LogP contribution is 2.34. The SMILES string of the molecule is COC(=O)[C@H]1CN(S(=O)(=O)c2cc3ccc(Cl)cc3s2)CC(=O)N1Cc1ccc(C(N2CCC2)=[N+]2CCC2)cc1. The maximum Gasteiger partial charge on any atom is 0.329 e. The highest BCUT2D eigenvalue weighted by atomic mass is 35.5. The summed E-state index contributed by atoms with van der Waals surface area (Å²) in [6.45, 7) is 3.88. The van der Waals surface area contributed by atoms with Crippen LogP contribution in [0.15, 0.2) is 52.7 Å². The molecule has 210 valence electrons. The van der Waals surface area contributed by atoms with Gasteiger partial charge in [0, 0.05) is 35.7 Å². The summed E-state index contributed by atoms with van der Waals surface area (Å²) in [7, 11) is -2.78. The zero-order valence-electron chi connectivity index (χ0n) is 22.1. The number of benzene rings is 2. The van der Waals surface area contributed by atoms with E-state index < -0.39 is 27.9 Å². The quantitative estimate of drug-likeness (QED) is 0.245. The first-order valence-corrected chi connectivity index (χ1v) is 15.9. The summed E-state index contributed by atoms with van der Waals surface area (Å²) in [4.78, 5) is 30.0. The molecular formula is C28H30ClN4O5S2+. The Hall–Kier alpha value is -2.99. The van der Waals surface area contributed by atoms with Gasteiger partial charge in [-0.3, -0.25) is 14.3 Å². The van der Waals surface area contributed by atoms with Gasteiger partial charge in [-0.1, -0.05) is 29.8 Å². The van der Waals surface area contributed by atoms with E-state index in [4.69, 9.17) is 16.3 Å². The molecule has 2 aromatic carbocycles. The Labute approximate surface area is 242 Å². The number of esters is 1. The number of nitrogens with zero attached hydrogens (tertiary/aromatic N) is 4. The van der Waals surface area contributed by atoms with E-state index >= 15 is 0 Å². The fraction of sp³-hybridized carbons (Fsp3) is 0.393. The van der Waals surface area contributed by atoms with Crippen LogP contribution in [-0.2, 0) is 30.9 Å². The van der Waals surface area contributed by atoms with Gasteiger partial charge in [0.25, 0.3) is 15.9 Å². The number of amides is 1. The van der Waals surface area contributed by atoms with Crippen LogP contribution in [0.1, 0.15) is 24.0 Å². The standard InChI is InChI=1S/C28H30ClN4O5S2/c1-38-28(35)23-17-32(40(36,37)26-14-21-8-9-22(29)15-24(21)39-26)18-25(34)33(23)16-19-4-6-20(7-5-19)27(30-10-2-11-30)31-12-3-13-31/h4-9,14-15,23H,2-3,10-13,16-18H2,1H3/q+1/t23-/m1/s1. The second-order valence-electron chi connectivity index (χ2n) is 10.3. The van der Waals surface area contributed by atoms with Crippen LogP contribution in [0.4, 0.5) is 0 Å². The lowest BCUT2D eigenvalue weighted by Gasteiger charge is -2.38. The number of rotatable bonds is 6. The minimum absolute atomic E-state index is 0.0988. The Morgan fingerprint density at radius 1 is 1.10 bits per heavy atom. The molecule has 1 amide bonds. The van der Waals surface area contributed by atoms with Gasteiger partial charge in [0.1, 0.15) is 10.3 Å². The molecule has 1 atom stereocenters. The molecule has 40 heavy (non-hydrogen) atoms. The lowest BCUT2D eigenvalue weighted by atomic mass is 10.0. The number of hydrogen-bond acceptors (Lipinski definition) is 6. The Kier molecular flexibility index (Phi) is 7.32. The van der Waals surface area contributed by atoms with Crippen LogP contribution in [0.2, 0.25) is 5.02 Å². The number of carbonyl (C=O) groups excluding carboxylic acids is 2. The first-order valence-electron chi connectivity index (χ1n) is 13.3. The average molecular weight is 602 g/mol. The number of methoxy groups -OCH3 is 1. The van der Waals surface area contributed by atoms with Crippen molar-refractivity contribution in [3.8, 4) is 0 Å². The number of sulfonamides is 1. The Morgan fingerprint density at radius 2 is 1.85 bits per heavy atom. The van der Waals surface area contributed by atoms with Gasteiger partial charge >= 0.3 is 5.97 Å². The molecule has 0 N–H and O–H groups in total. The minimum atomic E-state index is -4.02. The molecule has 0 unspecified atom stereocenters. The van der Waals surface area contributed by atoms with Crippen molar-refractivity contribution in [2.24, 2.45) is 0 Å². The van der Waals surface area contributed by atoms with E-state index in [0.717, 1.165) is 63.0 Å². The topological polar surface area (TPSA) is 90.2 Å². The predicted octanol–water partition coefficient (Wildman–Crippen LogP) is 3.00. The molecule has 1 aromatic heterocycles. The van der Waals surface area contributed by atoms with Crippen LogP contribution in [0, 0.1) is 0 Å². The van der Waals surface area contributed by atoms with Crippen LogP contribution in [0.25, 0.3) is 10.1 Å². The molecule has 3 aliphatic rings. The number of carbonyl (C=O) groups is 2. The van der Waals surface area contributed by atoms with Gasteiger partial charge in [0.05, 0.1) is 45.4 Å². The van der Waals surface area contributed by atoms with Crippen molar-refractivity contribution < 1.29 is 27.3 Å². The smallest absolute Gasteiger partial charge is 0.329 e. The fourth-order valence-electron chi connectivity index (χ4n) is 5.30. The van der Waals surface area contributed by atoms with Crippen molar-refractivity contribution in [1.82, 2.24) is 14.1 Å². The second-order valence-corrected chi connectivity index (χ2v) is 14.0. The van der Waals surface area contributed by atoms with Gasteiger partial charge in [0.15, 0.2) is 0 Å². The first-order chi connectivity index (χ1) is 19.2. The Morgan fingerprint density at radius 3 is 2.48 bits per heavy atom. The number of amidine groups is 1. The van der Waals surface area contributed by atoms with E-state index in [-0.39, 0.29) is 23.8 Å². The number of fused-ring (bicyclic) bond motifs is 1. The molecule has 0 bridgehead atoms. The Balaban J connectivity index is 1.23. The molecule has 3 aliphatic heterocycles. The van der Waals surface area contributed by atoms with Crippen LogP contribution >= 0.6 is 22.9 Å². The third-order valence-corrected chi connectivity index (χ3v) is 11.4. The monoisotopic (exact) mass is 601 g/mol. The maximum absolute atomic E-state index is 13.5. The summed E-state index contributed by atoms with van der Waals surface area (Å²) in [5.74, 6) is 0.154. The van der Waals surface area contributed by atoms with Crippen molar-refractivity contribution in [2.75, 3.05) is 46.4 Å². The van der Waals surface area contributed by atoms with Crippen molar-refractivity contribution >= 4 is 60.8 Å². The number of halogens is 1. The average Bonchev–Trinajstić information content (AvgIpc) is 3.31. The van der Waals surface area contributed by atoms with Gasteiger partial charge in [-0.2, -0.15) is 4.31 Å². The van der Waals surface area contributed by atoms with Crippen molar-refractivity contribution in [1.29, 1.82) is 0 Å². The molecule has 3 saturated heterocycles. The van der Waals surface area contributed by atoms with E-state index in [1.54, 1.807) is 24.3 Å². The lowest BCUT2D eigenvalue weighted by Crippen LogP contribution is -2.60. The number of thiophene rings is 1. The summed E-state index contributed by atoms with van der Waals surface area (Å²) >= 11 is 7.16. The molecule has 3 aromatic rings. The van der Waals surface area contributed by atoms with E-state index in [2.05, 4.69) is 21.6 Å². The van der Waals surface area contributed by atoms with Crippen molar-refractivity contribution in [3.63, 3.8) is 0 Å². The maximum atomic E-state index is 13.5. The number of likely N-dealkylation sites (tertiary alicyclic amines) is 1. The summed E-state index contributed by atoms with van der Waals surface area (Å²) in [5.41, 5.74) is 2.00. The summed E-state index contributed by atoms with van der Waals surface area (Å²) in [6.07, 6.45) is 2.40. The largest absolute Gasteiger partial charge is 0.467 e. The van der Waals surface area contributed by atoms with Crippen LogP contribution in [0.3, 0.4) is 0 Å². The minimum Gasteiger partial charge on any atom is -0.467 e. The van der Waals surface area contributed by atoms with Crippen molar-refractivity contribution in [2.45, 2.75) is 29.6 Å². The molecule has 12 heteroatoms. The van der Waals surface area contributed by atoms with Crippen LogP contribution in [0.5, 0.6) is 0 Å². The summed E-state index contributed by atoms with van der Waals surface area (Å²) < 4.78 is 36.4. The summed E-state index contributed by atoms with van der Waals surface area (Å²) in [5, 5.41) is 1.26. The molecule has 4 heterocycles. The van der Waals surface area contributed by atoms with E-state index in [1.165, 1.54) is 30.7 Å². The fourth-order valence-corrected chi connectivity index (χ4v) is 8.53. The molecule has 6 rings (SSSR count). The summed E-state index contributed by atoms with van der Waals surface area (Å²) in [6, 6.07) is 13.7.